The van der Waals surface area contributed by atoms with Crippen molar-refractivity contribution >= 4 is 17.8 Å². The number of terminal acetylenes is 1. The average Bonchev–Trinajstić information content (AvgIpc) is 2.88. The highest BCUT2D eigenvalue weighted by Crippen LogP contribution is 2.34. The van der Waals surface area contributed by atoms with Crippen LogP contribution in [0.3, 0.4) is 0 Å². The third-order valence-corrected chi connectivity index (χ3v) is 3.74. The van der Waals surface area contributed by atoms with Crippen LogP contribution in [0.5, 0.6) is 0 Å². The number of allylic oxidation sites excluding steroid dienone is 1. The van der Waals surface area contributed by atoms with E-state index in [1.165, 1.54) is 18.2 Å². The smallest absolute Gasteiger partial charge is 0.328 e. The Hall–Kier alpha value is -2.29. The minimum absolute atomic E-state index is 0.00416. The van der Waals surface area contributed by atoms with Crippen LogP contribution in [0.25, 0.3) is 0 Å². The third-order valence-electron chi connectivity index (χ3n) is 3.74. The number of rotatable bonds is 3. The molecule has 2 aliphatic rings. The van der Waals surface area contributed by atoms with Crippen LogP contribution < -0.4 is 0 Å². The number of ether oxygens (including phenoxy) is 2. The number of nitrogens with zero attached hydrogens (tertiary/aromatic N) is 1. The van der Waals surface area contributed by atoms with Crippen LogP contribution in [-0.2, 0) is 23.9 Å². The monoisotopic (exact) mass is 291 g/mol. The van der Waals surface area contributed by atoms with E-state index in [1.54, 1.807) is 6.08 Å². The minimum Gasteiger partial charge on any atom is -0.467 e. The normalized spacial score (nSPS) is 27.9. The van der Waals surface area contributed by atoms with Crippen molar-refractivity contribution in [2.45, 2.75) is 43.7 Å². The Balaban J connectivity index is 2.29. The summed E-state index contributed by atoms with van der Waals surface area (Å²) in [7, 11) is 1.27. The van der Waals surface area contributed by atoms with Gasteiger partial charge in [0.1, 0.15) is 6.04 Å². The lowest BCUT2D eigenvalue weighted by atomic mass is 9.92. The molecule has 2 aliphatic heterocycles. The number of methoxy groups -OCH3 is 1. The second kappa shape index (κ2) is 6.00. The van der Waals surface area contributed by atoms with E-state index in [2.05, 4.69) is 5.92 Å². The summed E-state index contributed by atoms with van der Waals surface area (Å²) in [6, 6.07) is -0.707. The summed E-state index contributed by atoms with van der Waals surface area (Å²) in [5.74, 6) is 0.981. The van der Waals surface area contributed by atoms with Gasteiger partial charge in [-0.25, -0.2) is 4.79 Å². The molecule has 0 saturated carbocycles. The van der Waals surface area contributed by atoms with Crippen LogP contribution in [0, 0.1) is 12.3 Å². The molecule has 0 aliphatic carbocycles. The molecule has 2 heterocycles. The van der Waals surface area contributed by atoms with E-state index in [0.717, 1.165) is 0 Å². The third kappa shape index (κ3) is 2.77. The van der Waals surface area contributed by atoms with Gasteiger partial charge in [0.05, 0.1) is 13.5 Å². The first-order valence-electron chi connectivity index (χ1n) is 6.76. The molecule has 1 fully saturated rings. The van der Waals surface area contributed by atoms with Crippen molar-refractivity contribution in [3.8, 4) is 12.3 Å². The molecule has 1 unspecified atom stereocenters. The van der Waals surface area contributed by atoms with Gasteiger partial charge in [-0.1, -0.05) is 6.08 Å². The maximum Gasteiger partial charge on any atom is 0.328 e. The summed E-state index contributed by atoms with van der Waals surface area (Å²) in [6.45, 7) is 0. The van der Waals surface area contributed by atoms with Crippen LogP contribution in [0.1, 0.15) is 32.1 Å². The van der Waals surface area contributed by atoms with Crippen LogP contribution in [0.2, 0.25) is 0 Å². The van der Waals surface area contributed by atoms with Crippen LogP contribution in [-0.4, -0.2) is 41.5 Å². The lowest BCUT2D eigenvalue weighted by Crippen LogP contribution is -2.53. The number of cyclic esters (lactones) is 1. The second-order valence-corrected chi connectivity index (χ2v) is 5.06. The van der Waals surface area contributed by atoms with Gasteiger partial charge in [0.2, 0.25) is 5.60 Å². The number of amides is 1. The van der Waals surface area contributed by atoms with E-state index in [0.29, 0.717) is 12.8 Å². The summed E-state index contributed by atoms with van der Waals surface area (Å²) in [5, 5.41) is 0. The Morgan fingerprint density at radius 1 is 1.62 bits per heavy atom. The van der Waals surface area contributed by atoms with Crippen molar-refractivity contribution < 1.29 is 23.9 Å². The van der Waals surface area contributed by atoms with Crippen LogP contribution in [0.15, 0.2) is 12.3 Å². The van der Waals surface area contributed by atoms with Crippen molar-refractivity contribution in [2.24, 2.45) is 0 Å². The number of hydrogen-bond donors (Lipinski definition) is 0. The number of hydrogen-bond acceptors (Lipinski definition) is 5. The molecule has 1 amide bonds. The standard InChI is InChI=1S/C15H17NO5/c1-3-8-15(9-7-12(17)21-15)14(19)16-10-5-4-6-11(16)13(18)20-2/h1,5,10-11H,4,6-9H2,2H3/t11-,15?/m0/s1. The van der Waals surface area contributed by atoms with Gasteiger partial charge in [0, 0.05) is 19.0 Å². The van der Waals surface area contributed by atoms with E-state index in [1.807, 2.05) is 0 Å². The Labute approximate surface area is 123 Å². The number of carbonyl (C=O) groups excluding carboxylic acids is 3. The van der Waals surface area contributed by atoms with E-state index in [-0.39, 0.29) is 19.3 Å². The predicted octanol–water partition coefficient (Wildman–Crippen LogP) is 0.763. The van der Waals surface area contributed by atoms with Gasteiger partial charge < -0.3 is 14.4 Å². The van der Waals surface area contributed by atoms with E-state index in [4.69, 9.17) is 15.9 Å². The summed E-state index contributed by atoms with van der Waals surface area (Å²) in [4.78, 5) is 37.3. The van der Waals surface area contributed by atoms with Gasteiger partial charge in [-0.3, -0.25) is 9.59 Å². The first kappa shape index (κ1) is 15.1. The van der Waals surface area contributed by atoms with Gasteiger partial charge in [0.15, 0.2) is 0 Å². The molecule has 21 heavy (non-hydrogen) atoms. The molecule has 1 saturated heterocycles. The number of esters is 2. The van der Waals surface area contributed by atoms with Crippen molar-refractivity contribution in [1.29, 1.82) is 0 Å². The Bertz CT molecular complexity index is 533. The summed E-state index contributed by atoms with van der Waals surface area (Å²) in [5.41, 5.74) is -1.36. The molecule has 0 aromatic rings. The van der Waals surface area contributed by atoms with Crippen molar-refractivity contribution in [2.75, 3.05) is 7.11 Å². The van der Waals surface area contributed by atoms with E-state index < -0.39 is 29.5 Å². The topological polar surface area (TPSA) is 72.9 Å². The van der Waals surface area contributed by atoms with Gasteiger partial charge in [0.25, 0.3) is 5.91 Å². The highest BCUT2D eigenvalue weighted by molar-refractivity contribution is 5.94. The molecule has 112 valence electrons. The molecule has 0 radical (unpaired) electrons. The molecule has 2 atom stereocenters. The van der Waals surface area contributed by atoms with E-state index in [9.17, 15) is 14.4 Å². The fourth-order valence-electron chi connectivity index (χ4n) is 2.64. The predicted molar refractivity (Wildman–Crippen MR) is 72.5 cm³/mol. The van der Waals surface area contributed by atoms with Crippen LogP contribution >= 0.6 is 0 Å². The highest BCUT2D eigenvalue weighted by atomic mass is 16.6. The molecular weight excluding hydrogens is 274 g/mol. The van der Waals surface area contributed by atoms with Crippen molar-refractivity contribution in [1.82, 2.24) is 4.90 Å². The second-order valence-electron chi connectivity index (χ2n) is 5.06. The zero-order chi connectivity index (χ0) is 15.5. The SMILES string of the molecule is C#CCC1(C(=O)N2C=CCC[C@H]2C(=O)OC)CCC(=O)O1. The average molecular weight is 291 g/mol. The lowest BCUT2D eigenvalue weighted by Gasteiger charge is -2.35. The zero-order valence-corrected chi connectivity index (χ0v) is 11.8. The molecule has 6 heteroatoms. The molecular formula is C15H17NO5. The minimum atomic E-state index is -1.36. The van der Waals surface area contributed by atoms with Crippen molar-refractivity contribution in [3.63, 3.8) is 0 Å². The maximum atomic E-state index is 12.8. The molecule has 0 spiro atoms. The van der Waals surface area contributed by atoms with Gasteiger partial charge in [-0.05, 0) is 12.8 Å². The Morgan fingerprint density at radius 2 is 2.38 bits per heavy atom. The molecule has 0 bridgehead atoms. The molecule has 0 aromatic carbocycles. The molecule has 0 N–H and O–H groups in total. The van der Waals surface area contributed by atoms with Gasteiger partial charge in [-0.2, -0.15) is 0 Å². The fraction of sp³-hybridized carbons (Fsp3) is 0.533. The maximum absolute atomic E-state index is 12.8. The Morgan fingerprint density at radius 3 is 2.95 bits per heavy atom. The lowest BCUT2D eigenvalue weighted by molar-refractivity contribution is -0.167. The molecule has 6 nitrogen and oxygen atoms in total. The quantitative estimate of drug-likeness (QED) is 0.567. The van der Waals surface area contributed by atoms with Crippen LogP contribution in [0.4, 0.5) is 0 Å². The van der Waals surface area contributed by atoms with Gasteiger partial charge >= 0.3 is 11.9 Å². The van der Waals surface area contributed by atoms with Crippen molar-refractivity contribution in [3.05, 3.63) is 12.3 Å². The summed E-state index contributed by atoms with van der Waals surface area (Å²) >= 11 is 0. The number of carbonyl (C=O) groups is 3. The summed E-state index contributed by atoms with van der Waals surface area (Å²) in [6.07, 6.45) is 10.1. The van der Waals surface area contributed by atoms with E-state index >= 15 is 0 Å². The highest BCUT2D eigenvalue weighted by Gasteiger charge is 2.50. The fourth-order valence-corrected chi connectivity index (χ4v) is 2.64. The summed E-state index contributed by atoms with van der Waals surface area (Å²) < 4.78 is 9.94. The Kier molecular flexibility index (Phi) is 4.32. The molecule has 0 aromatic heterocycles. The zero-order valence-electron chi connectivity index (χ0n) is 11.8. The van der Waals surface area contributed by atoms with Gasteiger partial charge in [-0.15, -0.1) is 12.3 Å². The largest absolute Gasteiger partial charge is 0.467 e. The first-order valence-corrected chi connectivity index (χ1v) is 6.76. The first-order chi connectivity index (χ1) is 10.0. The molecule has 2 rings (SSSR count).